The Kier molecular flexibility index (Phi) is 2.24. The van der Waals surface area contributed by atoms with E-state index >= 15 is 0 Å². The maximum Gasteiger partial charge on any atom is 0.354 e. The third kappa shape index (κ3) is 1.69. The number of rotatable bonds is 2. The first-order chi connectivity index (χ1) is 5.61. The van der Waals surface area contributed by atoms with Crippen LogP contribution >= 0.6 is 0 Å². The molecule has 0 spiro atoms. The summed E-state index contributed by atoms with van der Waals surface area (Å²) in [6.07, 6.45) is 0. The molecule has 3 nitrogen and oxygen atoms in total. The number of carboxylic acid groups (broad SMARTS) is 1. The summed E-state index contributed by atoms with van der Waals surface area (Å²) >= 11 is 0. The van der Waals surface area contributed by atoms with Crippen molar-refractivity contribution < 1.29 is 9.90 Å². The summed E-state index contributed by atoms with van der Waals surface area (Å²) in [5.41, 5.74) is 1.13. The normalized spacial score (nSPS) is 9.42. The van der Waals surface area contributed by atoms with Crippen LogP contribution in [-0.2, 0) is 4.79 Å². The van der Waals surface area contributed by atoms with Crippen molar-refractivity contribution in [2.45, 2.75) is 6.92 Å². The Bertz CT molecular complexity index is 314. The highest BCUT2D eigenvalue weighted by Gasteiger charge is 2.08. The van der Waals surface area contributed by atoms with Crippen LogP contribution in [0.1, 0.15) is 11.1 Å². The van der Waals surface area contributed by atoms with Crippen LogP contribution in [0.2, 0.25) is 0 Å². The predicted octanol–water partition coefficient (Wildman–Crippen LogP) is 1.45. The second kappa shape index (κ2) is 3.17. The van der Waals surface area contributed by atoms with Crippen LogP contribution in [0.4, 0.5) is 0 Å². The van der Waals surface area contributed by atoms with Crippen molar-refractivity contribution in [1.29, 1.82) is 5.41 Å². The molecular weight excluding hydrogens is 154 g/mol. The number of hydrogen-bond acceptors (Lipinski definition) is 2. The van der Waals surface area contributed by atoms with Gasteiger partial charge in [0, 0.05) is 5.56 Å². The molecule has 0 aliphatic heterocycles. The summed E-state index contributed by atoms with van der Waals surface area (Å²) in [7, 11) is 0. The molecule has 0 heterocycles. The molecule has 0 aliphatic carbocycles. The third-order valence-electron chi connectivity index (χ3n) is 1.55. The fourth-order valence-electron chi connectivity index (χ4n) is 0.844. The van der Waals surface area contributed by atoms with Crippen molar-refractivity contribution in [3.8, 4) is 0 Å². The van der Waals surface area contributed by atoms with E-state index in [4.69, 9.17) is 10.5 Å². The number of benzene rings is 1. The van der Waals surface area contributed by atoms with Crippen LogP contribution in [0.3, 0.4) is 0 Å². The lowest BCUT2D eigenvalue weighted by Crippen LogP contribution is -2.12. The Morgan fingerprint density at radius 1 is 1.33 bits per heavy atom. The zero-order valence-corrected chi connectivity index (χ0v) is 6.66. The van der Waals surface area contributed by atoms with Crippen LogP contribution < -0.4 is 0 Å². The van der Waals surface area contributed by atoms with E-state index in [1.165, 1.54) is 0 Å². The maximum absolute atomic E-state index is 10.4. The summed E-state index contributed by atoms with van der Waals surface area (Å²) in [5.74, 6) is -1.20. The average Bonchev–Trinajstić information content (AvgIpc) is 2.04. The van der Waals surface area contributed by atoms with Crippen molar-refractivity contribution in [3.63, 3.8) is 0 Å². The monoisotopic (exact) mass is 163 g/mol. The van der Waals surface area contributed by atoms with Gasteiger partial charge >= 0.3 is 5.97 Å². The van der Waals surface area contributed by atoms with E-state index in [1.54, 1.807) is 24.3 Å². The molecule has 0 saturated carbocycles. The van der Waals surface area contributed by atoms with Crippen molar-refractivity contribution in [2.24, 2.45) is 0 Å². The lowest BCUT2D eigenvalue weighted by atomic mass is 10.1. The molecule has 2 N–H and O–H groups in total. The molecule has 1 aromatic carbocycles. The van der Waals surface area contributed by atoms with Gasteiger partial charge in [0.25, 0.3) is 0 Å². The minimum Gasteiger partial charge on any atom is -0.477 e. The first kappa shape index (κ1) is 8.46. The Hall–Kier alpha value is -1.64. The first-order valence-electron chi connectivity index (χ1n) is 3.50. The number of aryl methyl sites for hydroxylation is 1. The van der Waals surface area contributed by atoms with Gasteiger partial charge in [0.1, 0.15) is 5.71 Å². The molecular formula is C9H9NO2. The van der Waals surface area contributed by atoms with Gasteiger partial charge in [-0.2, -0.15) is 0 Å². The van der Waals surface area contributed by atoms with Crippen molar-refractivity contribution in [2.75, 3.05) is 0 Å². The standard InChI is InChI=1S/C9H9NO2/c1-6-2-4-7(5-3-6)8(10)9(11)12/h2-5,10H,1H3,(H,11,12). The molecule has 62 valence electrons. The number of aliphatic carboxylic acids is 1. The van der Waals surface area contributed by atoms with Gasteiger partial charge in [-0.25, -0.2) is 4.79 Å². The molecule has 12 heavy (non-hydrogen) atoms. The fraction of sp³-hybridized carbons (Fsp3) is 0.111. The smallest absolute Gasteiger partial charge is 0.354 e. The van der Waals surface area contributed by atoms with Crippen LogP contribution in [0.5, 0.6) is 0 Å². The highest BCUT2D eigenvalue weighted by molar-refractivity contribution is 6.41. The Morgan fingerprint density at radius 3 is 2.25 bits per heavy atom. The second-order valence-electron chi connectivity index (χ2n) is 2.55. The van der Waals surface area contributed by atoms with Crippen LogP contribution in [-0.4, -0.2) is 16.8 Å². The van der Waals surface area contributed by atoms with Gasteiger partial charge in [-0.1, -0.05) is 29.8 Å². The largest absolute Gasteiger partial charge is 0.477 e. The molecule has 0 aromatic heterocycles. The molecule has 1 aromatic rings. The maximum atomic E-state index is 10.4. The molecule has 3 heteroatoms. The van der Waals surface area contributed by atoms with E-state index in [0.717, 1.165) is 5.56 Å². The molecule has 0 bridgehead atoms. The second-order valence-corrected chi connectivity index (χ2v) is 2.55. The topological polar surface area (TPSA) is 61.2 Å². The Labute approximate surface area is 70.2 Å². The first-order valence-corrected chi connectivity index (χ1v) is 3.50. The van der Waals surface area contributed by atoms with Crippen LogP contribution in [0.25, 0.3) is 0 Å². The van der Waals surface area contributed by atoms with Gasteiger partial charge in [-0.05, 0) is 6.92 Å². The van der Waals surface area contributed by atoms with Gasteiger partial charge in [0.2, 0.25) is 0 Å². The van der Waals surface area contributed by atoms with Gasteiger partial charge in [0.15, 0.2) is 0 Å². The van der Waals surface area contributed by atoms with Gasteiger partial charge in [0.05, 0.1) is 0 Å². The van der Waals surface area contributed by atoms with E-state index in [0.29, 0.717) is 5.56 Å². The summed E-state index contributed by atoms with van der Waals surface area (Å²) < 4.78 is 0. The molecule has 0 fully saturated rings. The molecule has 0 atom stereocenters. The predicted molar refractivity (Wildman–Crippen MR) is 45.6 cm³/mol. The Morgan fingerprint density at radius 2 is 1.83 bits per heavy atom. The summed E-state index contributed by atoms with van der Waals surface area (Å²) in [4.78, 5) is 10.4. The number of hydrogen-bond donors (Lipinski definition) is 2. The van der Waals surface area contributed by atoms with E-state index in [-0.39, 0.29) is 5.71 Å². The zero-order chi connectivity index (χ0) is 9.14. The van der Waals surface area contributed by atoms with Crippen molar-refractivity contribution >= 4 is 11.7 Å². The molecule has 1 rings (SSSR count). The summed E-state index contributed by atoms with van der Waals surface area (Å²) in [6.45, 7) is 1.91. The molecule has 0 amide bonds. The van der Waals surface area contributed by atoms with Gasteiger partial charge < -0.3 is 5.11 Å². The summed E-state index contributed by atoms with van der Waals surface area (Å²) in [5, 5.41) is 15.6. The minimum atomic E-state index is -1.20. The minimum absolute atomic E-state index is 0.366. The summed E-state index contributed by atoms with van der Waals surface area (Å²) in [6, 6.07) is 6.83. The van der Waals surface area contributed by atoms with E-state index in [2.05, 4.69) is 0 Å². The molecule has 0 unspecified atom stereocenters. The van der Waals surface area contributed by atoms with Gasteiger partial charge in [-0.3, -0.25) is 5.41 Å². The lowest BCUT2D eigenvalue weighted by Gasteiger charge is -1.98. The molecule has 0 aliphatic rings. The fourth-order valence-corrected chi connectivity index (χ4v) is 0.844. The lowest BCUT2D eigenvalue weighted by molar-refractivity contribution is -0.129. The van der Waals surface area contributed by atoms with Gasteiger partial charge in [-0.15, -0.1) is 0 Å². The van der Waals surface area contributed by atoms with E-state index < -0.39 is 5.97 Å². The SMILES string of the molecule is Cc1ccc(C(=N)C(=O)O)cc1. The van der Waals surface area contributed by atoms with Crippen LogP contribution in [0.15, 0.2) is 24.3 Å². The number of nitrogens with one attached hydrogen (secondary N) is 1. The molecule has 0 saturated heterocycles. The number of carboxylic acids is 1. The van der Waals surface area contributed by atoms with Crippen LogP contribution in [0, 0.1) is 12.3 Å². The van der Waals surface area contributed by atoms with E-state index in [9.17, 15) is 4.79 Å². The average molecular weight is 163 g/mol. The van der Waals surface area contributed by atoms with Crippen molar-refractivity contribution in [1.82, 2.24) is 0 Å². The quantitative estimate of drug-likeness (QED) is 0.648. The zero-order valence-electron chi connectivity index (χ0n) is 6.66. The highest BCUT2D eigenvalue weighted by atomic mass is 16.4. The molecule has 0 radical (unpaired) electrons. The number of carbonyl (C=O) groups is 1. The van der Waals surface area contributed by atoms with E-state index in [1.807, 2.05) is 6.92 Å². The highest BCUT2D eigenvalue weighted by Crippen LogP contribution is 2.03. The third-order valence-corrected chi connectivity index (χ3v) is 1.55. The van der Waals surface area contributed by atoms with Crippen molar-refractivity contribution in [3.05, 3.63) is 35.4 Å². The Balaban J connectivity index is 2.98.